The minimum Gasteiger partial charge on any atom is -0.481 e. The summed E-state index contributed by atoms with van der Waals surface area (Å²) in [5.41, 5.74) is 1.55. The van der Waals surface area contributed by atoms with Crippen LogP contribution in [0.5, 0.6) is 11.5 Å². The molecule has 2 atom stereocenters. The van der Waals surface area contributed by atoms with Gasteiger partial charge in [-0.05, 0) is 55.3 Å². The molecular weight excluding hydrogens is 454 g/mol. The molecular formula is C25H29N3O7. The Morgan fingerprint density at radius 3 is 2.37 bits per heavy atom. The van der Waals surface area contributed by atoms with Gasteiger partial charge in [-0.15, -0.1) is 0 Å². The first-order valence-electron chi connectivity index (χ1n) is 11.4. The normalized spacial score (nSPS) is 13.4. The van der Waals surface area contributed by atoms with Crippen molar-refractivity contribution in [2.24, 2.45) is 0 Å². The number of carbonyl (C=O) groups excluding carboxylic acids is 3. The van der Waals surface area contributed by atoms with Gasteiger partial charge in [0.05, 0.1) is 12.5 Å². The Hall–Kier alpha value is -4.08. The number of anilines is 1. The van der Waals surface area contributed by atoms with Crippen molar-refractivity contribution in [2.45, 2.75) is 51.6 Å². The number of carboxylic acid groups (broad SMARTS) is 1. The molecule has 0 fully saturated rings. The molecule has 2 aromatic carbocycles. The highest BCUT2D eigenvalue weighted by Crippen LogP contribution is 2.34. The first-order chi connectivity index (χ1) is 16.8. The van der Waals surface area contributed by atoms with E-state index >= 15 is 0 Å². The smallest absolute Gasteiger partial charge is 0.315 e. The Morgan fingerprint density at radius 2 is 1.71 bits per heavy atom. The first-order valence-corrected chi connectivity index (χ1v) is 11.4. The van der Waals surface area contributed by atoms with E-state index in [1.54, 1.807) is 42.5 Å². The second-order valence-electron chi connectivity index (χ2n) is 8.20. The number of urea groups is 1. The summed E-state index contributed by atoms with van der Waals surface area (Å²) in [5.74, 6) is -0.583. The second kappa shape index (κ2) is 11.9. The van der Waals surface area contributed by atoms with Crippen molar-refractivity contribution in [3.8, 4) is 11.5 Å². The van der Waals surface area contributed by atoms with Crippen molar-refractivity contribution in [1.82, 2.24) is 10.6 Å². The Kier molecular flexibility index (Phi) is 8.66. The number of rotatable bonds is 11. The number of carbonyl (C=O) groups is 4. The Bertz CT molecular complexity index is 1080. The topological polar surface area (TPSA) is 143 Å². The number of Topliss-reactive ketones (excluding diaryl/α,β-unsaturated/α-hetero) is 1. The van der Waals surface area contributed by atoms with Crippen molar-refractivity contribution >= 4 is 29.4 Å². The number of unbranched alkanes of at least 4 members (excludes halogenated alkanes) is 1. The molecule has 4 N–H and O–H groups in total. The van der Waals surface area contributed by atoms with Crippen LogP contribution in [0.4, 0.5) is 10.5 Å². The summed E-state index contributed by atoms with van der Waals surface area (Å²) >= 11 is 0. The van der Waals surface area contributed by atoms with Gasteiger partial charge in [0.1, 0.15) is 6.04 Å². The summed E-state index contributed by atoms with van der Waals surface area (Å²) in [7, 11) is 0. The van der Waals surface area contributed by atoms with E-state index in [1.807, 2.05) is 6.92 Å². The van der Waals surface area contributed by atoms with Crippen LogP contribution in [0, 0.1) is 0 Å². The van der Waals surface area contributed by atoms with Crippen LogP contribution in [0.1, 0.15) is 61.5 Å². The minimum absolute atomic E-state index is 0.0714. The fraction of sp³-hybridized carbons (Fsp3) is 0.360. The first kappa shape index (κ1) is 25.5. The average Bonchev–Trinajstić information content (AvgIpc) is 3.29. The maximum atomic E-state index is 12.9. The van der Waals surface area contributed by atoms with Gasteiger partial charge in [0.25, 0.3) is 0 Å². The number of aliphatic carboxylic acids is 1. The molecule has 186 valence electrons. The molecule has 2 aromatic rings. The van der Waals surface area contributed by atoms with Crippen molar-refractivity contribution in [2.75, 3.05) is 12.1 Å². The highest BCUT2D eigenvalue weighted by molar-refractivity contribution is 5.98. The zero-order chi connectivity index (χ0) is 25.4. The number of hydrogen-bond acceptors (Lipinski definition) is 6. The molecule has 0 aliphatic carbocycles. The highest BCUT2D eigenvalue weighted by Gasteiger charge is 2.25. The van der Waals surface area contributed by atoms with Crippen molar-refractivity contribution in [3.05, 3.63) is 53.6 Å². The SMILES string of the molecule is CCCC[C@H](NC(=O)N[C@@H](CC(=O)O)c1ccc2c(c1)OCO2)C(=O)Nc1ccc(C(C)=O)cc1. The molecule has 3 rings (SSSR count). The van der Waals surface area contributed by atoms with Crippen LogP contribution in [-0.2, 0) is 9.59 Å². The zero-order valence-corrected chi connectivity index (χ0v) is 19.6. The van der Waals surface area contributed by atoms with E-state index in [4.69, 9.17) is 9.47 Å². The van der Waals surface area contributed by atoms with Crippen LogP contribution in [0.15, 0.2) is 42.5 Å². The van der Waals surface area contributed by atoms with Gasteiger partial charge < -0.3 is 30.5 Å². The second-order valence-corrected chi connectivity index (χ2v) is 8.20. The van der Waals surface area contributed by atoms with E-state index in [9.17, 15) is 24.3 Å². The molecule has 35 heavy (non-hydrogen) atoms. The molecule has 1 heterocycles. The predicted molar refractivity (Wildman–Crippen MR) is 128 cm³/mol. The van der Waals surface area contributed by atoms with Crippen LogP contribution in [0.25, 0.3) is 0 Å². The molecule has 0 radical (unpaired) electrons. The van der Waals surface area contributed by atoms with Crippen molar-refractivity contribution in [1.29, 1.82) is 0 Å². The summed E-state index contributed by atoms with van der Waals surface area (Å²) in [6, 6.07) is 9.04. The number of amides is 3. The number of carboxylic acids is 1. The Labute approximate surface area is 203 Å². The van der Waals surface area contributed by atoms with E-state index in [0.717, 1.165) is 6.42 Å². The van der Waals surface area contributed by atoms with Gasteiger partial charge in [-0.2, -0.15) is 0 Å². The summed E-state index contributed by atoms with van der Waals surface area (Å²) in [5, 5.41) is 17.4. The van der Waals surface area contributed by atoms with Crippen LogP contribution in [-0.4, -0.2) is 41.6 Å². The summed E-state index contributed by atoms with van der Waals surface area (Å²) in [6.45, 7) is 3.50. The van der Waals surface area contributed by atoms with Gasteiger partial charge in [-0.25, -0.2) is 4.79 Å². The van der Waals surface area contributed by atoms with E-state index in [1.165, 1.54) is 6.92 Å². The monoisotopic (exact) mass is 483 g/mol. The zero-order valence-electron chi connectivity index (χ0n) is 19.6. The number of nitrogens with one attached hydrogen (secondary N) is 3. The lowest BCUT2D eigenvalue weighted by Gasteiger charge is -2.22. The molecule has 0 saturated heterocycles. The van der Waals surface area contributed by atoms with Gasteiger partial charge >= 0.3 is 12.0 Å². The molecule has 0 bridgehead atoms. The van der Waals surface area contributed by atoms with Crippen LogP contribution in [0.3, 0.4) is 0 Å². The largest absolute Gasteiger partial charge is 0.481 e. The summed E-state index contributed by atoms with van der Waals surface area (Å²) in [4.78, 5) is 48.6. The third-order valence-electron chi connectivity index (χ3n) is 5.51. The maximum absolute atomic E-state index is 12.9. The van der Waals surface area contributed by atoms with E-state index in [0.29, 0.717) is 41.2 Å². The predicted octanol–water partition coefficient (Wildman–Crippen LogP) is 3.63. The van der Waals surface area contributed by atoms with E-state index in [-0.39, 0.29) is 19.0 Å². The summed E-state index contributed by atoms with van der Waals surface area (Å²) in [6.07, 6.45) is 1.55. The molecule has 0 aromatic heterocycles. The molecule has 1 aliphatic heterocycles. The van der Waals surface area contributed by atoms with Crippen LogP contribution in [0.2, 0.25) is 0 Å². The standard InChI is InChI=1S/C25H29N3O7/c1-3-4-5-19(24(32)26-18-9-6-16(7-10-18)15(2)29)27-25(33)28-20(13-23(30)31)17-8-11-21-22(12-17)35-14-34-21/h6-12,19-20H,3-5,13-14H2,1-2H3,(H,26,32)(H,30,31)(H2,27,28,33)/t19-,20-/m0/s1. The lowest BCUT2D eigenvalue weighted by molar-refractivity contribution is -0.137. The minimum atomic E-state index is -1.10. The Morgan fingerprint density at radius 1 is 1.00 bits per heavy atom. The van der Waals surface area contributed by atoms with Gasteiger partial charge in [0.2, 0.25) is 12.7 Å². The molecule has 3 amide bonds. The van der Waals surface area contributed by atoms with Crippen molar-refractivity contribution < 1.29 is 33.8 Å². The number of benzene rings is 2. The lowest BCUT2D eigenvalue weighted by atomic mass is 10.0. The molecule has 10 heteroatoms. The van der Waals surface area contributed by atoms with Crippen LogP contribution >= 0.6 is 0 Å². The summed E-state index contributed by atoms with van der Waals surface area (Å²) < 4.78 is 10.6. The fourth-order valence-corrected chi connectivity index (χ4v) is 3.61. The number of ether oxygens (including phenoxy) is 2. The maximum Gasteiger partial charge on any atom is 0.315 e. The number of fused-ring (bicyclic) bond motifs is 1. The third kappa shape index (κ3) is 7.20. The molecule has 1 aliphatic rings. The third-order valence-corrected chi connectivity index (χ3v) is 5.51. The fourth-order valence-electron chi connectivity index (χ4n) is 3.61. The van der Waals surface area contributed by atoms with Gasteiger partial charge in [0, 0.05) is 11.3 Å². The van der Waals surface area contributed by atoms with E-state index in [2.05, 4.69) is 16.0 Å². The Balaban J connectivity index is 1.68. The van der Waals surface area contributed by atoms with Gasteiger partial charge in [0.15, 0.2) is 17.3 Å². The van der Waals surface area contributed by atoms with Crippen LogP contribution < -0.4 is 25.4 Å². The van der Waals surface area contributed by atoms with E-state index < -0.39 is 30.0 Å². The lowest BCUT2D eigenvalue weighted by Crippen LogP contribution is -2.49. The van der Waals surface area contributed by atoms with Gasteiger partial charge in [-0.3, -0.25) is 14.4 Å². The molecule has 0 unspecified atom stereocenters. The molecule has 10 nitrogen and oxygen atoms in total. The molecule has 0 spiro atoms. The van der Waals surface area contributed by atoms with Gasteiger partial charge in [-0.1, -0.05) is 25.8 Å². The van der Waals surface area contributed by atoms with Crippen molar-refractivity contribution in [3.63, 3.8) is 0 Å². The average molecular weight is 484 g/mol. The highest BCUT2D eigenvalue weighted by atomic mass is 16.7. The number of hydrogen-bond donors (Lipinski definition) is 4. The molecule has 0 saturated carbocycles. The number of ketones is 1. The quantitative estimate of drug-likeness (QED) is 0.357.